The highest BCUT2D eigenvalue weighted by molar-refractivity contribution is 9.10. The SMILES string of the molecule is Clc1nc(C=Cc2ccc3c(c2)OCO3)nc2ccc(Br)cc12. The van der Waals surface area contributed by atoms with E-state index >= 15 is 0 Å². The van der Waals surface area contributed by atoms with Gasteiger partial charge >= 0.3 is 0 Å². The molecule has 0 N–H and O–H groups in total. The minimum atomic E-state index is 0.265. The number of halogens is 2. The Hall–Kier alpha value is -2.11. The largest absolute Gasteiger partial charge is 0.454 e. The smallest absolute Gasteiger partial charge is 0.231 e. The van der Waals surface area contributed by atoms with Gasteiger partial charge in [0.1, 0.15) is 5.15 Å². The summed E-state index contributed by atoms with van der Waals surface area (Å²) in [6, 6.07) is 11.5. The van der Waals surface area contributed by atoms with Crippen LogP contribution in [0.1, 0.15) is 11.4 Å². The lowest BCUT2D eigenvalue weighted by Crippen LogP contribution is -1.92. The van der Waals surface area contributed by atoms with Gasteiger partial charge in [-0.2, -0.15) is 0 Å². The Morgan fingerprint density at radius 3 is 2.78 bits per heavy atom. The molecule has 0 saturated heterocycles. The van der Waals surface area contributed by atoms with Crippen molar-refractivity contribution >= 4 is 50.6 Å². The van der Waals surface area contributed by atoms with Crippen LogP contribution in [0.2, 0.25) is 5.15 Å². The van der Waals surface area contributed by atoms with E-state index in [-0.39, 0.29) is 6.79 Å². The van der Waals surface area contributed by atoms with Crippen LogP contribution in [0.3, 0.4) is 0 Å². The molecule has 0 spiro atoms. The average Bonchev–Trinajstić information content (AvgIpc) is 3.01. The molecule has 4 nitrogen and oxygen atoms in total. The zero-order valence-electron chi connectivity index (χ0n) is 11.8. The molecule has 1 aromatic heterocycles. The standard InChI is InChI=1S/C17H10BrClN2O2/c18-11-3-4-13-12(8-11)17(19)21-16(20-13)6-2-10-1-5-14-15(7-10)23-9-22-14/h1-8H,9H2. The van der Waals surface area contributed by atoms with Gasteiger partial charge in [-0.15, -0.1) is 0 Å². The Kier molecular flexibility index (Phi) is 3.67. The molecule has 114 valence electrons. The zero-order chi connectivity index (χ0) is 15.8. The maximum Gasteiger partial charge on any atom is 0.231 e. The first-order valence-corrected chi connectivity index (χ1v) is 8.07. The van der Waals surface area contributed by atoms with Crippen molar-refractivity contribution in [3.05, 3.63) is 57.4 Å². The zero-order valence-corrected chi connectivity index (χ0v) is 14.1. The molecule has 4 rings (SSSR count). The highest BCUT2D eigenvalue weighted by Gasteiger charge is 2.12. The van der Waals surface area contributed by atoms with Crippen LogP contribution >= 0.6 is 27.5 Å². The van der Waals surface area contributed by atoms with Crippen molar-refractivity contribution in [2.75, 3.05) is 6.79 Å². The molecule has 1 aliphatic rings. The topological polar surface area (TPSA) is 44.2 Å². The van der Waals surface area contributed by atoms with Crippen LogP contribution in [0.5, 0.6) is 11.5 Å². The summed E-state index contributed by atoms with van der Waals surface area (Å²) in [7, 11) is 0. The molecule has 0 atom stereocenters. The fraction of sp³-hybridized carbons (Fsp3) is 0.0588. The van der Waals surface area contributed by atoms with E-state index in [2.05, 4.69) is 25.9 Å². The molecule has 23 heavy (non-hydrogen) atoms. The van der Waals surface area contributed by atoms with Gasteiger partial charge in [-0.3, -0.25) is 0 Å². The van der Waals surface area contributed by atoms with Crippen LogP contribution in [0.4, 0.5) is 0 Å². The summed E-state index contributed by atoms with van der Waals surface area (Å²) >= 11 is 9.67. The van der Waals surface area contributed by atoms with Crippen molar-refractivity contribution in [2.24, 2.45) is 0 Å². The van der Waals surface area contributed by atoms with E-state index in [1.165, 1.54) is 0 Å². The molecule has 0 fully saturated rings. The lowest BCUT2D eigenvalue weighted by Gasteiger charge is -2.02. The van der Waals surface area contributed by atoms with Gasteiger partial charge in [0.25, 0.3) is 0 Å². The van der Waals surface area contributed by atoms with E-state index in [1.54, 1.807) is 0 Å². The van der Waals surface area contributed by atoms with Crippen LogP contribution in [0, 0.1) is 0 Å². The number of hydrogen-bond donors (Lipinski definition) is 0. The maximum absolute atomic E-state index is 6.25. The second-order valence-electron chi connectivity index (χ2n) is 4.98. The van der Waals surface area contributed by atoms with E-state index in [9.17, 15) is 0 Å². The van der Waals surface area contributed by atoms with Gasteiger partial charge < -0.3 is 9.47 Å². The summed E-state index contributed by atoms with van der Waals surface area (Å²) < 4.78 is 11.6. The van der Waals surface area contributed by atoms with E-state index in [4.69, 9.17) is 21.1 Å². The molecule has 2 heterocycles. The monoisotopic (exact) mass is 388 g/mol. The van der Waals surface area contributed by atoms with Crippen LogP contribution in [0.25, 0.3) is 23.1 Å². The van der Waals surface area contributed by atoms with Gasteiger partial charge in [-0.05, 0) is 42.0 Å². The second kappa shape index (κ2) is 5.83. The van der Waals surface area contributed by atoms with Crippen molar-refractivity contribution in [1.29, 1.82) is 0 Å². The molecule has 2 aromatic carbocycles. The molecule has 0 radical (unpaired) electrons. The molecule has 0 amide bonds. The van der Waals surface area contributed by atoms with E-state index in [1.807, 2.05) is 48.6 Å². The predicted molar refractivity (Wildman–Crippen MR) is 93.7 cm³/mol. The van der Waals surface area contributed by atoms with Gasteiger partial charge in [0.2, 0.25) is 6.79 Å². The van der Waals surface area contributed by atoms with Crippen LogP contribution < -0.4 is 9.47 Å². The lowest BCUT2D eigenvalue weighted by atomic mass is 10.2. The van der Waals surface area contributed by atoms with Crippen molar-refractivity contribution in [1.82, 2.24) is 9.97 Å². The van der Waals surface area contributed by atoms with Gasteiger partial charge in [-0.25, -0.2) is 9.97 Å². The summed E-state index contributed by atoms with van der Waals surface area (Å²) in [5.41, 5.74) is 1.78. The Labute approximate surface area is 145 Å². The molecule has 0 saturated carbocycles. The first kappa shape index (κ1) is 14.5. The van der Waals surface area contributed by atoms with Gasteiger partial charge in [0.15, 0.2) is 17.3 Å². The molecule has 0 bridgehead atoms. The molecule has 0 aliphatic carbocycles. The molecular formula is C17H10BrClN2O2. The number of nitrogens with zero attached hydrogens (tertiary/aromatic N) is 2. The van der Waals surface area contributed by atoms with Gasteiger partial charge in [0.05, 0.1) is 5.52 Å². The number of benzene rings is 2. The third-order valence-corrected chi connectivity index (χ3v) is 4.23. The number of rotatable bonds is 2. The Morgan fingerprint density at radius 1 is 1.00 bits per heavy atom. The van der Waals surface area contributed by atoms with Crippen LogP contribution in [-0.4, -0.2) is 16.8 Å². The Bertz CT molecular complexity index is 943. The van der Waals surface area contributed by atoms with Gasteiger partial charge in [-0.1, -0.05) is 39.7 Å². The molecule has 6 heteroatoms. The normalized spacial score (nSPS) is 13.1. The van der Waals surface area contributed by atoms with E-state index < -0.39 is 0 Å². The fourth-order valence-corrected chi connectivity index (χ4v) is 2.94. The number of aromatic nitrogens is 2. The molecular weight excluding hydrogens is 380 g/mol. The molecule has 3 aromatic rings. The number of fused-ring (bicyclic) bond motifs is 2. The average molecular weight is 390 g/mol. The first-order valence-electron chi connectivity index (χ1n) is 6.89. The maximum atomic E-state index is 6.25. The van der Waals surface area contributed by atoms with E-state index in [0.717, 1.165) is 32.4 Å². The minimum Gasteiger partial charge on any atom is -0.454 e. The Morgan fingerprint density at radius 2 is 1.87 bits per heavy atom. The van der Waals surface area contributed by atoms with E-state index in [0.29, 0.717) is 11.0 Å². The summed E-state index contributed by atoms with van der Waals surface area (Å²) in [5, 5.41) is 1.25. The molecule has 1 aliphatic heterocycles. The van der Waals surface area contributed by atoms with Crippen LogP contribution in [0.15, 0.2) is 40.9 Å². The third kappa shape index (κ3) is 2.90. The highest BCUT2D eigenvalue weighted by Crippen LogP contribution is 2.33. The van der Waals surface area contributed by atoms with Crippen molar-refractivity contribution in [3.63, 3.8) is 0 Å². The van der Waals surface area contributed by atoms with Crippen molar-refractivity contribution < 1.29 is 9.47 Å². The quantitative estimate of drug-likeness (QED) is 0.582. The number of hydrogen-bond acceptors (Lipinski definition) is 4. The number of ether oxygens (including phenoxy) is 2. The predicted octanol–water partition coefficient (Wildman–Crippen LogP) is 4.94. The minimum absolute atomic E-state index is 0.265. The fourth-order valence-electron chi connectivity index (χ4n) is 2.34. The lowest BCUT2D eigenvalue weighted by molar-refractivity contribution is 0.174. The summed E-state index contributed by atoms with van der Waals surface area (Å²) in [6.07, 6.45) is 3.74. The summed E-state index contributed by atoms with van der Waals surface area (Å²) in [6.45, 7) is 0.265. The molecule has 0 unspecified atom stereocenters. The second-order valence-corrected chi connectivity index (χ2v) is 6.25. The van der Waals surface area contributed by atoms with Crippen molar-refractivity contribution in [3.8, 4) is 11.5 Å². The first-order chi connectivity index (χ1) is 11.2. The van der Waals surface area contributed by atoms with Gasteiger partial charge in [0, 0.05) is 9.86 Å². The van der Waals surface area contributed by atoms with Crippen LogP contribution in [-0.2, 0) is 0 Å². The summed E-state index contributed by atoms with van der Waals surface area (Å²) in [5.74, 6) is 2.06. The highest BCUT2D eigenvalue weighted by atomic mass is 79.9. The third-order valence-electron chi connectivity index (χ3n) is 3.45. The Balaban J connectivity index is 1.68. The van der Waals surface area contributed by atoms with Crippen molar-refractivity contribution in [2.45, 2.75) is 0 Å². The summed E-state index contributed by atoms with van der Waals surface area (Å²) in [4.78, 5) is 8.83.